The summed E-state index contributed by atoms with van der Waals surface area (Å²) in [6.45, 7) is 5.14. The van der Waals surface area contributed by atoms with E-state index in [1.807, 2.05) is 7.05 Å². The van der Waals surface area contributed by atoms with Crippen molar-refractivity contribution in [3.05, 3.63) is 11.8 Å². The van der Waals surface area contributed by atoms with E-state index in [2.05, 4.69) is 18.3 Å². The van der Waals surface area contributed by atoms with Gasteiger partial charge >= 0.3 is 0 Å². The maximum Gasteiger partial charge on any atom is 0.112 e. The standard InChI is InChI=1S/C14H25NO3/c1-3-18-14(7-10-16-11-8-14)13(15-2)12-6-4-5-9-17-12/h6,13,15H,3-5,7-11H2,1-2H3. The van der Waals surface area contributed by atoms with Crippen LogP contribution in [0.1, 0.15) is 32.6 Å². The van der Waals surface area contributed by atoms with Crippen molar-refractivity contribution < 1.29 is 14.2 Å². The summed E-state index contributed by atoms with van der Waals surface area (Å²) < 4.78 is 17.4. The van der Waals surface area contributed by atoms with Gasteiger partial charge in [-0.05, 0) is 32.9 Å². The summed E-state index contributed by atoms with van der Waals surface area (Å²) in [6.07, 6.45) is 6.28. The van der Waals surface area contributed by atoms with Crippen LogP contribution in [0.2, 0.25) is 0 Å². The molecule has 0 bridgehead atoms. The summed E-state index contributed by atoms with van der Waals surface area (Å²) in [5, 5.41) is 3.39. The van der Waals surface area contributed by atoms with E-state index in [0.717, 1.165) is 57.9 Å². The third-order valence-electron chi connectivity index (χ3n) is 3.83. The second-order valence-electron chi connectivity index (χ2n) is 4.93. The first kappa shape index (κ1) is 13.8. The zero-order valence-electron chi connectivity index (χ0n) is 11.5. The average Bonchev–Trinajstić information content (AvgIpc) is 2.42. The maximum atomic E-state index is 6.11. The molecule has 0 aromatic rings. The van der Waals surface area contributed by atoms with Gasteiger partial charge in [0.25, 0.3) is 0 Å². The summed E-state index contributed by atoms with van der Waals surface area (Å²) >= 11 is 0. The van der Waals surface area contributed by atoms with Gasteiger partial charge in [0.15, 0.2) is 0 Å². The van der Waals surface area contributed by atoms with E-state index in [0.29, 0.717) is 0 Å². The molecule has 0 aliphatic carbocycles. The maximum absolute atomic E-state index is 6.11. The Morgan fingerprint density at radius 2 is 2.17 bits per heavy atom. The molecule has 4 nitrogen and oxygen atoms in total. The lowest BCUT2D eigenvalue weighted by Gasteiger charge is -2.43. The Bertz CT molecular complexity index is 279. The molecule has 1 N–H and O–H groups in total. The lowest BCUT2D eigenvalue weighted by Crippen LogP contribution is -2.56. The summed E-state index contributed by atoms with van der Waals surface area (Å²) in [5.41, 5.74) is -0.176. The molecule has 2 aliphatic heterocycles. The van der Waals surface area contributed by atoms with Crippen LogP contribution < -0.4 is 5.32 Å². The van der Waals surface area contributed by atoms with Crippen LogP contribution in [0.25, 0.3) is 0 Å². The Hall–Kier alpha value is -0.580. The van der Waals surface area contributed by atoms with E-state index >= 15 is 0 Å². The van der Waals surface area contributed by atoms with Gasteiger partial charge < -0.3 is 19.5 Å². The number of hydrogen-bond acceptors (Lipinski definition) is 4. The van der Waals surface area contributed by atoms with Crippen LogP contribution in [0, 0.1) is 0 Å². The van der Waals surface area contributed by atoms with Gasteiger partial charge in [-0.2, -0.15) is 0 Å². The molecule has 0 radical (unpaired) electrons. The molecular formula is C14H25NO3. The van der Waals surface area contributed by atoms with Crippen LogP contribution >= 0.6 is 0 Å². The van der Waals surface area contributed by atoms with Gasteiger partial charge in [0.1, 0.15) is 5.76 Å². The van der Waals surface area contributed by atoms with Crippen molar-refractivity contribution >= 4 is 0 Å². The van der Waals surface area contributed by atoms with Crippen molar-refractivity contribution in [2.75, 3.05) is 33.5 Å². The van der Waals surface area contributed by atoms with Crippen molar-refractivity contribution in [1.82, 2.24) is 5.32 Å². The molecular weight excluding hydrogens is 230 g/mol. The van der Waals surface area contributed by atoms with Gasteiger partial charge in [0.2, 0.25) is 0 Å². The van der Waals surface area contributed by atoms with Gasteiger partial charge in [-0.15, -0.1) is 0 Å². The van der Waals surface area contributed by atoms with Gasteiger partial charge in [-0.1, -0.05) is 0 Å². The topological polar surface area (TPSA) is 39.7 Å². The fourth-order valence-electron chi connectivity index (χ4n) is 2.96. The highest BCUT2D eigenvalue weighted by Crippen LogP contribution is 2.33. The fraction of sp³-hybridized carbons (Fsp3) is 0.857. The van der Waals surface area contributed by atoms with Crippen LogP contribution in [0.15, 0.2) is 11.8 Å². The Morgan fingerprint density at radius 3 is 2.72 bits per heavy atom. The lowest BCUT2D eigenvalue weighted by atomic mass is 9.84. The van der Waals surface area contributed by atoms with Gasteiger partial charge in [-0.3, -0.25) is 0 Å². The van der Waals surface area contributed by atoms with E-state index in [1.165, 1.54) is 0 Å². The van der Waals surface area contributed by atoms with Crippen molar-refractivity contribution in [2.24, 2.45) is 0 Å². The highest BCUT2D eigenvalue weighted by molar-refractivity contribution is 5.14. The Balaban J connectivity index is 2.17. The van der Waals surface area contributed by atoms with Crippen molar-refractivity contribution in [1.29, 1.82) is 0 Å². The highest BCUT2D eigenvalue weighted by Gasteiger charge is 2.43. The monoisotopic (exact) mass is 255 g/mol. The number of allylic oxidation sites excluding steroid dienone is 1. The normalized spacial score (nSPS) is 25.1. The average molecular weight is 255 g/mol. The third kappa shape index (κ3) is 2.87. The fourth-order valence-corrected chi connectivity index (χ4v) is 2.96. The minimum absolute atomic E-state index is 0.140. The molecule has 0 amide bonds. The van der Waals surface area contributed by atoms with Crippen LogP contribution in [-0.4, -0.2) is 45.1 Å². The molecule has 0 spiro atoms. The summed E-state index contributed by atoms with van der Waals surface area (Å²) in [7, 11) is 1.99. The van der Waals surface area contributed by atoms with E-state index in [4.69, 9.17) is 14.2 Å². The van der Waals surface area contributed by atoms with Crippen molar-refractivity contribution in [2.45, 2.75) is 44.2 Å². The summed E-state index contributed by atoms with van der Waals surface area (Å²) in [4.78, 5) is 0. The van der Waals surface area contributed by atoms with Gasteiger partial charge in [0, 0.05) is 32.7 Å². The van der Waals surface area contributed by atoms with Gasteiger partial charge in [0.05, 0.1) is 18.2 Å². The zero-order valence-corrected chi connectivity index (χ0v) is 11.5. The van der Waals surface area contributed by atoms with Crippen LogP contribution in [-0.2, 0) is 14.2 Å². The predicted octanol–water partition coefficient (Wildman–Crippen LogP) is 1.85. The second kappa shape index (κ2) is 6.55. The van der Waals surface area contributed by atoms with Crippen LogP contribution in [0.3, 0.4) is 0 Å². The minimum Gasteiger partial charge on any atom is -0.496 e. The molecule has 1 fully saturated rings. The first-order chi connectivity index (χ1) is 8.82. The van der Waals surface area contributed by atoms with Crippen LogP contribution in [0.5, 0.6) is 0 Å². The Labute approximate surface area is 110 Å². The molecule has 18 heavy (non-hydrogen) atoms. The van der Waals surface area contributed by atoms with E-state index in [1.54, 1.807) is 0 Å². The summed E-state index contributed by atoms with van der Waals surface area (Å²) in [6, 6.07) is 0.140. The first-order valence-corrected chi connectivity index (χ1v) is 7.04. The van der Waals surface area contributed by atoms with E-state index < -0.39 is 0 Å². The first-order valence-electron chi connectivity index (χ1n) is 7.04. The molecule has 4 heteroatoms. The van der Waals surface area contributed by atoms with Crippen molar-refractivity contribution in [3.63, 3.8) is 0 Å². The zero-order chi connectivity index (χ0) is 12.8. The molecule has 104 valence electrons. The molecule has 1 unspecified atom stereocenters. The van der Waals surface area contributed by atoms with E-state index in [9.17, 15) is 0 Å². The third-order valence-corrected chi connectivity index (χ3v) is 3.83. The second-order valence-corrected chi connectivity index (χ2v) is 4.93. The smallest absolute Gasteiger partial charge is 0.112 e. The number of ether oxygens (including phenoxy) is 3. The summed E-state index contributed by atoms with van der Waals surface area (Å²) in [5.74, 6) is 1.05. The molecule has 2 aliphatic rings. The lowest BCUT2D eigenvalue weighted by molar-refractivity contribution is -0.126. The highest BCUT2D eigenvalue weighted by atomic mass is 16.5. The van der Waals surface area contributed by atoms with Crippen LogP contribution in [0.4, 0.5) is 0 Å². The number of likely N-dealkylation sites (N-methyl/N-ethyl adjacent to an activating group) is 1. The number of hydrogen-bond donors (Lipinski definition) is 1. The molecule has 0 aromatic heterocycles. The van der Waals surface area contributed by atoms with Crippen molar-refractivity contribution in [3.8, 4) is 0 Å². The molecule has 0 saturated carbocycles. The predicted molar refractivity (Wildman–Crippen MR) is 70.5 cm³/mol. The molecule has 1 saturated heterocycles. The molecule has 0 aromatic carbocycles. The van der Waals surface area contributed by atoms with Gasteiger partial charge in [-0.25, -0.2) is 0 Å². The number of nitrogens with one attached hydrogen (secondary N) is 1. The number of rotatable bonds is 5. The Kier molecular flexibility index (Phi) is 5.03. The van der Waals surface area contributed by atoms with E-state index in [-0.39, 0.29) is 11.6 Å². The molecule has 2 rings (SSSR count). The molecule has 2 heterocycles. The largest absolute Gasteiger partial charge is 0.496 e. The Morgan fingerprint density at radius 1 is 1.39 bits per heavy atom. The quantitative estimate of drug-likeness (QED) is 0.814. The minimum atomic E-state index is -0.176. The molecule has 1 atom stereocenters. The SMILES string of the molecule is CCOC1(C(NC)C2=CCCCO2)CCOCC1.